The molecule has 3 nitrogen and oxygen atoms in total. The van der Waals surface area contributed by atoms with Gasteiger partial charge < -0.3 is 14.8 Å². The Bertz CT molecular complexity index is 743. The highest BCUT2D eigenvalue weighted by atomic mass is 35.5. The van der Waals surface area contributed by atoms with E-state index in [-0.39, 0.29) is 12.4 Å². The quantitative estimate of drug-likeness (QED) is 0.517. The Labute approximate surface area is 165 Å². The number of hydrogen-bond donors (Lipinski definition) is 1. The van der Waals surface area contributed by atoms with Gasteiger partial charge in [-0.15, -0.1) is 23.7 Å². The first-order valence-electron chi connectivity index (χ1n) is 8.41. The molecule has 0 saturated heterocycles. The summed E-state index contributed by atoms with van der Waals surface area (Å²) in [5.41, 5.74) is 2.57. The van der Waals surface area contributed by atoms with Crippen LogP contribution in [0.4, 0.5) is 0 Å². The Hall–Kier alpha value is -2.01. The minimum absolute atomic E-state index is 0. The Morgan fingerprint density at radius 1 is 0.885 bits per heavy atom. The van der Waals surface area contributed by atoms with E-state index in [0.717, 1.165) is 31.0 Å². The topological polar surface area (TPSA) is 30.5 Å². The normalized spacial score (nSPS) is 10.2. The molecule has 3 aromatic rings. The Kier molecular flexibility index (Phi) is 8.48. The van der Waals surface area contributed by atoms with E-state index >= 15 is 0 Å². The van der Waals surface area contributed by atoms with Gasteiger partial charge in [-0.1, -0.05) is 30.3 Å². The molecule has 0 fully saturated rings. The zero-order valence-electron chi connectivity index (χ0n) is 14.8. The molecule has 138 valence electrons. The van der Waals surface area contributed by atoms with Gasteiger partial charge in [-0.25, -0.2) is 0 Å². The lowest BCUT2D eigenvalue weighted by atomic mass is 10.1. The van der Waals surface area contributed by atoms with E-state index in [1.54, 1.807) is 18.4 Å². The fraction of sp³-hybridized carbons (Fsp3) is 0.238. The minimum atomic E-state index is 0. The number of rotatable bonds is 9. The maximum absolute atomic E-state index is 5.79. The molecule has 1 heterocycles. The summed E-state index contributed by atoms with van der Waals surface area (Å²) in [6.45, 7) is 2.45. The lowest BCUT2D eigenvalue weighted by molar-refractivity contribution is 0.309. The molecule has 0 aliphatic carbocycles. The summed E-state index contributed by atoms with van der Waals surface area (Å²) in [5.74, 6) is 1.81. The molecule has 0 amide bonds. The maximum Gasteiger partial charge on any atom is 0.122 e. The molecule has 5 heteroatoms. The molecule has 26 heavy (non-hydrogen) atoms. The van der Waals surface area contributed by atoms with Crippen LogP contribution in [0.5, 0.6) is 11.5 Å². The van der Waals surface area contributed by atoms with Gasteiger partial charge in [0.05, 0.1) is 7.11 Å². The average Bonchev–Trinajstić information content (AvgIpc) is 3.19. The summed E-state index contributed by atoms with van der Waals surface area (Å²) >= 11 is 1.72. The number of ether oxygens (including phenoxy) is 2. The molecule has 0 radical (unpaired) electrons. The summed E-state index contributed by atoms with van der Waals surface area (Å²) in [7, 11) is 1.69. The van der Waals surface area contributed by atoms with Crippen LogP contribution in [-0.4, -0.2) is 13.7 Å². The highest BCUT2D eigenvalue weighted by Gasteiger charge is 1.99. The van der Waals surface area contributed by atoms with Crippen LogP contribution in [0.3, 0.4) is 0 Å². The summed E-state index contributed by atoms with van der Waals surface area (Å²) in [6.07, 6.45) is 1.01. The van der Waals surface area contributed by atoms with E-state index in [1.165, 1.54) is 16.0 Å². The average molecular weight is 390 g/mol. The molecule has 3 rings (SSSR count). The van der Waals surface area contributed by atoms with Crippen LogP contribution in [0.2, 0.25) is 0 Å². The monoisotopic (exact) mass is 389 g/mol. The summed E-state index contributed by atoms with van der Waals surface area (Å²) in [4.78, 5) is 1.24. The molecular weight excluding hydrogens is 366 g/mol. The predicted molar refractivity (Wildman–Crippen MR) is 111 cm³/mol. The zero-order chi connectivity index (χ0) is 17.3. The lowest BCUT2D eigenvalue weighted by Gasteiger charge is -2.08. The second kappa shape index (κ2) is 10.9. The van der Waals surface area contributed by atoms with Gasteiger partial charge in [0.2, 0.25) is 0 Å². The van der Waals surface area contributed by atoms with Crippen molar-refractivity contribution in [3.8, 4) is 11.5 Å². The molecule has 0 spiro atoms. The summed E-state index contributed by atoms with van der Waals surface area (Å²) < 4.78 is 11.0. The number of benzene rings is 2. The van der Waals surface area contributed by atoms with Gasteiger partial charge in [0, 0.05) is 11.4 Å². The third-order valence-corrected chi connectivity index (χ3v) is 4.81. The molecule has 1 aromatic heterocycles. The van der Waals surface area contributed by atoms with E-state index in [9.17, 15) is 0 Å². The van der Waals surface area contributed by atoms with Crippen LogP contribution in [0.15, 0.2) is 66.0 Å². The SMILES string of the molecule is COc1ccc(CCNCc2ccc(OCc3cccs3)cc2)cc1.Cl. The number of thiophene rings is 1. The number of hydrogen-bond acceptors (Lipinski definition) is 4. The van der Waals surface area contributed by atoms with Crippen LogP contribution in [0, 0.1) is 0 Å². The van der Waals surface area contributed by atoms with Gasteiger partial charge in [-0.2, -0.15) is 0 Å². The van der Waals surface area contributed by atoms with Crippen molar-refractivity contribution in [1.29, 1.82) is 0 Å². The first-order chi connectivity index (χ1) is 12.3. The van der Waals surface area contributed by atoms with Gasteiger partial charge in [0.1, 0.15) is 18.1 Å². The molecule has 1 N–H and O–H groups in total. The summed E-state index contributed by atoms with van der Waals surface area (Å²) in [5, 5.41) is 5.55. The van der Waals surface area contributed by atoms with Crippen LogP contribution < -0.4 is 14.8 Å². The van der Waals surface area contributed by atoms with Gasteiger partial charge in [-0.05, 0) is 59.8 Å². The van der Waals surface area contributed by atoms with Gasteiger partial charge in [0.15, 0.2) is 0 Å². The van der Waals surface area contributed by atoms with Crippen molar-refractivity contribution in [2.24, 2.45) is 0 Å². The van der Waals surface area contributed by atoms with Gasteiger partial charge in [-0.3, -0.25) is 0 Å². The molecule has 0 bridgehead atoms. The van der Waals surface area contributed by atoms with E-state index in [2.05, 4.69) is 41.0 Å². The van der Waals surface area contributed by atoms with Gasteiger partial charge in [0.25, 0.3) is 0 Å². The van der Waals surface area contributed by atoms with E-state index in [4.69, 9.17) is 9.47 Å². The molecule has 0 aliphatic heterocycles. The minimum Gasteiger partial charge on any atom is -0.497 e. The first kappa shape index (κ1) is 20.3. The number of methoxy groups -OCH3 is 1. The van der Waals surface area contributed by atoms with E-state index in [0.29, 0.717) is 6.61 Å². The first-order valence-corrected chi connectivity index (χ1v) is 9.29. The number of nitrogens with one attached hydrogen (secondary N) is 1. The van der Waals surface area contributed by atoms with E-state index in [1.807, 2.05) is 30.3 Å². The van der Waals surface area contributed by atoms with Gasteiger partial charge >= 0.3 is 0 Å². The highest BCUT2D eigenvalue weighted by Crippen LogP contribution is 2.16. The van der Waals surface area contributed by atoms with Crippen LogP contribution in [0.25, 0.3) is 0 Å². The smallest absolute Gasteiger partial charge is 0.122 e. The fourth-order valence-electron chi connectivity index (χ4n) is 2.51. The predicted octanol–water partition coefficient (Wildman–Crippen LogP) is 5.09. The largest absolute Gasteiger partial charge is 0.497 e. The van der Waals surface area contributed by atoms with Crippen molar-refractivity contribution in [3.63, 3.8) is 0 Å². The molecule has 0 aliphatic rings. The highest BCUT2D eigenvalue weighted by molar-refractivity contribution is 7.09. The molecular formula is C21H24ClNO2S. The summed E-state index contributed by atoms with van der Waals surface area (Å²) in [6, 6.07) is 20.7. The molecule has 0 atom stereocenters. The van der Waals surface area contributed by atoms with Crippen LogP contribution in [-0.2, 0) is 19.6 Å². The Balaban J connectivity index is 0.00000243. The second-order valence-corrected chi connectivity index (χ2v) is 6.82. The van der Waals surface area contributed by atoms with Crippen molar-refractivity contribution in [3.05, 3.63) is 82.0 Å². The third-order valence-electron chi connectivity index (χ3n) is 3.96. The van der Waals surface area contributed by atoms with Crippen molar-refractivity contribution < 1.29 is 9.47 Å². The zero-order valence-corrected chi connectivity index (χ0v) is 16.4. The lowest BCUT2D eigenvalue weighted by Crippen LogP contribution is -2.16. The van der Waals surface area contributed by atoms with E-state index < -0.39 is 0 Å². The van der Waals surface area contributed by atoms with Crippen molar-refractivity contribution in [1.82, 2.24) is 5.32 Å². The molecule has 0 unspecified atom stereocenters. The van der Waals surface area contributed by atoms with Crippen molar-refractivity contribution in [2.75, 3.05) is 13.7 Å². The van der Waals surface area contributed by atoms with Crippen LogP contribution in [0.1, 0.15) is 16.0 Å². The fourth-order valence-corrected chi connectivity index (χ4v) is 3.13. The standard InChI is InChI=1S/C21H23NO2S.ClH/c1-23-19-8-4-17(5-9-19)12-13-22-15-18-6-10-20(11-7-18)24-16-21-3-2-14-25-21;/h2-11,14,22H,12-13,15-16H2,1H3;1H. The Morgan fingerprint density at radius 3 is 2.23 bits per heavy atom. The van der Waals surface area contributed by atoms with Crippen molar-refractivity contribution >= 4 is 23.7 Å². The Morgan fingerprint density at radius 2 is 1.58 bits per heavy atom. The van der Waals surface area contributed by atoms with Crippen molar-refractivity contribution in [2.45, 2.75) is 19.6 Å². The number of halogens is 1. The molecule has 0 saturated carbocycles. The van der Waals surface area contributed by atoms with Crippen LogP contribution >= 0.6 is 23.7 Å². The second-order valence-electron chi connectivity index (χ2n) is 5.79. The third kappa shape index (κ3) is 6.37. The molecule has 2 aromatic carbocycles. The maximum atomic E-state index is 5.79.